The van der Waals surface area contributed by atoms with E-state index in [4.69, 9.17) is 11.6 Å². The number of halogens is 5. The van der Waals surface area contributed by atoms with Crippen molar-refractivity contribution in [2.75, 3.05) is 0 Å². The van der Waals surface area contributed by atoms with Gasteiger partial charge in [0.05, 0.1) is 4.47 Å². The maximum absolute atomic E-state index is 13.4. The standard InChI is InChI=1S/C13H7BrClF3O/c14-8-2-1-6(3-10(8)16)13(19)7-4-11(17)12(18)5-9(7)15/h1-5,13,19H. The van der Waals surface area contributed by atoms with Gasteiger partial charge < -0.3 is 5.11 Å². The number of benzene rings is 2. The third-order valence-corrected chi connectivity index (χ3v) is 3.56. The Hall–Kier alpha value is -1.04. The Morgan fingerprint density at radius 3 is 2.26 bits per heavy atom. The summed E-state index contributed by atoms with van der Waals surface area (Å²) in [7, 11) is 0. The Bertz CT molecular complexity index is 634. The SMILES string of the molecule is OC(c1ccc(Br)c(F)c1)c1cc(F)c(F)cc1Cl. The van der Waals surface area contributed by atoms with Gasteiger partial charge in [-0.05, 0) is 45.8 Å². The van der Waals surface area contributed by atoms with Crippen LogP contribution in [0.1, 0.15) is 17.2 Å². The predicted molar refractivity (Wildman–Crippen MR) is 69.5 cm³/mol. The van der Waals surface area contributed by atoms with E-state index in [9.17, 15) is 18.3 Å². The molecule has 0 bridgehead atoms. The van der Waals surface area contributed by atoms with E-state index >= 15 is 0 Å². The molecule has 1 atom stereocenters. The molecule has 100 valence electrons. The second-order valence-electron chi connectivity index (χ2n) is 3.86. The molecule has 1 nitrogen and oxygen atoms in total. The lowest BCUT2D eigenvalue weighted by Crippen LogP contribution is -2.03. The van der Waals surface area contributed by atoms with Crippen LogP contribution in [0.3, 0.4) is 0 Å². The molecule has 0 spiro atoms. The van der Waals surface area contributed by atoms with Crippen molar-refractivity contribution in [1.29, 1.82) is 0 Å². The first-order valence-corrected chi connectivity index (χ1v) is 6.34. The van der Waals surface area contributed by atoms with Crippen LogP contribution in [0.15, 0.2) is 34.8 Å². The molecule has 0 fully saturated rings. The Balaban J connectivity index is 2.46. The third kappa shape index (κ3) is 2.94. The minimum absolute atomic E-state index is 0.0257. The maximum atomic E-state index is 13.4. The van der Waals surface area contributed by atoms with Crippen molar-refractivity contribution in [3.05, 3.63) is 68.4 Å². The number of aliphatic hydroxyl groups excluding tert-OH is 1. The van der Waals surface area contributed by atoms with Crippen molar-refractivity contribution in [1.82, 2.24) is 0 Å². The molecule has 19 heavy (non-hydrogen) atoms. The Morgan fingerprint density at radius 2 is 1.63 bits per heavy atom. The van der Waals surface area contributed by atoms with Crippen molar-refractivity contribution < 1.29 is 18.3 Å². The number of aliphatic hydroxyl groups is 1. The first kappa shape index (κ1) is 14.4. The summed E-state index contributed by atoms with van der Waals surface area (Å²) >= 11 is 8.73. The molecular formula is C13H7BrClF3O. The smallest absolute Gasteiger partial charge is 0.160 e. The highest BCUT2D eigenvalue weighted by Gasteiger charge is 2.18. The molecule has 2 rings (SSSR count). The van der Waals surface area contributed by atoms with E-state index in [2.05, 4.69) is 15.9 Å². The molecule has 0 saturated carbocycles. The summed E-state index contributed by atoms with van der Waals surface area (Å²) < 4.78 is 39.7. The largest absolute Gasteiger partial charge is 0.384 e. The zero-order valence-corrected chi connectivity index (χ0v) is 11.6. The van der Waals surface area contributed by atoms with Gasteiger partial charge in [0, 0.05) is 10.6 Å². The second-order valence-corrected chi connectivity index (χ2v) is 5.13. The molecule has 0 radical (unpaired) electrons. The number of rotatable bonds is 2. The maximum Gasteiger partial charge on any atom is 0.160 e. The van der Waals surface area contributed by atoms with Crippen molar-refractivity contribution in [3.63, 3.8) is 0 Å². The molecule has 0 saturated heterocycles. The fraction of sp³-hybridized carbons (Fsp3) is 0.0769. The Labute approximate surface area is 120 Å². The van der Waals surface area contributed by atoms with E-state index in [1.807, 2.05) is 0 Å². The van der Waals surface area contributed by atoms with Crippen molar-refractivity contribution >= 4 is 27.5 Å². The summed E-state index contributed by atoms with van der Waals surface area (Å²) in [5.74, 6) is -2.81. The first-order valence-electron chi connectivity index (χ1n) is 5.17. The van der Waals surface area contributed by atoms with Crippen LogP contribution in [-0.2, 0) is 0 Å². The molecule has 6 heteroatoms. The highest BCUT2D eigenvalue weighted by Crippen LogP contribution is 2.31. The highest BCUT2D eigenvalue weighted by atomic mass is 79.9. The molecule has 2 aromatic rings. The fourth-order valence-electron chi connectivity index (χ4n) is 1.61. The lowest BCUT2D eigenvalue weighted by molar-refractivity contribution is 0.219. The van der Waals surface area contributed by atoms with Crippen LogP contribution in [0.4, 0.5) is 13.2 Å². The van der Waals surface area contributed by atoms with E-state index in [0.29, 0.717) is 0 Å². The summed E-state index contributed by atoms with van der Waals surface area (Å²) in [6.45, 7) is 0. The minimum atomic E-state index is -1.34. The van der Waals surface area contributed by atoms with Gasteiger partial charge in [0.15, 0.2) is 11.6 Å². The van der Waals surface area contributed by atoms with Gasteiger partial charge in [0.1, 0.15) is 11.9 Å². The van der Waals surface area contributed by atoms with E-state index < -0.39 is 23.6 Å². The van der Waals surface area contributed by atoms with E-state index in [1.54, 1.807) is 0 Å². The molecule has 2 aromatic carbocycles. The normalized spacial score (nSPS) is 12.5. The molecule has 0 heterocycles. The molecule has 0 amide bonds. The minimum Gasteiger partial charge on any atom is -0.384 e. The molecule has 0 aliphatic carbocycles. The van der Waals surface area contributed by atoms with Crippen molar-refractivity contribution in [2.45, 2.75) is 6.10 Å². The Kier molecular flexibility index (Phi) is 4.18. The third-order valence-electron chi connectivity index (χ3n) is 2.59. The van der Waals surface area contributed by atoms with Crippen LogP contribution in [0.25, 0.3) is 0 Å². The first-order chi connectivity index (χ1) is 8.90. The van der Waals surface area contributed by atoms with Crippen molar-refractivity contribution in [2.24, 2.45) is 0 Å². The number of hydrogen-bond acceptors (Lipinski definition) is 1. The van der Waals surface area contributed by atoms with Gasteiger partial charge in [-0.25, -0.2) is 13.2 Å². The fourth-order valence-corrected chi connectivity index (χ4v) is 2.11. The lowest BCUT2D eigenvalue weighted by Gasteiger charge is -2.14. The van der Waals surface area contributed by atoms with E-state index in [-0.39, 0.29) is 20.6 Å². The molecule has 0 aromatic heterocycles. The average Bonchev–Trinajstić information content (AvgIpc) is 2.36. The summed E-state index contributed by atoms with van der Waals surface area (Å²) in [4.78, 5) is 0. The molecule has 0 aliphatic rings. The van der Waals surface area contributed by atoms with Gasteiger partial charge in [-0.15, -0.1) is 0 Å². The van der Waals surface area contributed by atoms with E-state index in [0.717, 1.165) is 18.2 Å². The molecule has 0 aliphatic heterocycles. The van der Waals surface area contributed by atoms with Crippen LogP contribution in [0, 0.1) is 17.5 Å². The summed E-state index contributed by atoms with van der Waals surface area (Å²) in [5, 5.41) is 9.92. The average molecular weight is 352 g/mol. The van der Waals surface area contributed by atoms with Gasteiger partial charge in [0.25, 0.3) is 0 Å². The zero-order valence-electron chi connectivity index (χ0n) is 9.30. The van der Waals surface area contributed by atoms with Gasteiger partial charge in [-0.3, -0.25) is 0 Å². The summed E-state index contributed by atoms with van der Waals surface area (Å²) in [6.07, 6.45) is -1.34. The topological polar surface area (TPSA) is 20.2 Å². The van der Waals surface area contributed by atoms with E-state index in [1.165, 1.54) is 12.1 Å². The van der Waals surface area contributed by atoms with Gasteiger partial charge in [0.2, 0.25) is 0 Å². The second kappa shape index (κ2) is 5.53. The van der Waals surface area contributed by atoms with Crippen LogP contribution >= 0.6 is 27.5 Å². The summed E-state index contributed by atoms with van der Waals surface area (Å²) in [5.41, 5.74) is 0.163. The summed E-state index contributed by atoms with van der Waals surface area (Å²) in [6, 6.07) is 5.51. The molecular weight excluding hydrogens is 344 g/mol. The monoisotopic (exact) mass is 350 g/mol. The lowest BCUT2D eigenvalue weighted by atomic mass is 10.0. The quantitative estimate of drug-likeness (QED) is 0.784. The van der Waals surface area contributed by atoms with Gasteiger partial charge in [-0.1, -0.05) is 17.7 Å². The van der Waals surface area contributed by atoms with Gasteiger partial charge in [-0.2, -0.15) is 0 Å². The van der Waals surface area contributed by atoms with Crippen LogP contribution < -0.4 is 0 Å². The number of hydrogen-bond donors (Lipinski definition) is 1. The van der Waals surface area contributed by atoms with Gasteiger partial charge >= 0.3 is 0 Å². The highest BCUT2D eigenvalue weighted by molar-refractivity contribution is 9.10. The molecule has 1 N–H and O–H groups in total. The Morgan fingerprint density at radius 1 is 1.00 bits per heavy atom. The van der Waals surface area contributed by atoms with Crippen LogP contribution in [0.2, 0.25) is 5.02 Å². The van der Waals surface area contributed by atoms with Crippen LogP contribution in [-0.4, -0.2) is 5.11 Å². The van der Waals surface area contributed by atoms with Crippen molar-refractivity contribution in [3.8, 4) is 0 Å². The molecule has 1 unspecified atom stereocenters. The van der Waals surface area contributed by atoms with Crippen LogP contribution in [0.5, 0.6) is 0 Å². The zero-order chi connectivity index (χ0) is 14.2. The predicted octanol–water partition coefficient (Wildman–Crippen LogP) is 4.60.